The van der Waals surface area contributed by atoms with Gasteiger partial charge in [0.2, 0.25) is 18.2 Å². The summed E-state index contributed by atoms with van der Waals surface area (Å²) in [4.78, 5) is 39.0. The minimum atomic E-state index is -0.972. The van der Waals surface area contributed by atoms with E-state index in [0.717, 1.165) is 10.5 Å². The van der Waals surface area contributed by atoms with Crippen molar-refractivity contribution in [1.29, 1.82) is 0 Å². The van der Waals surface area contributed by atoms with Crippen molar-refractivity contribution in [2.24, 2.45) is 0 Å². The Morgan fingerprint density at radius 1 is 1.11 bits per heavy atom. The minimum Gasteiger partial charge on any atom is -0.423 e. The number of nitrogens with one attached hydrogen (secondary N) is 1. The Kier molecular flexibility index (Phi) is 4.23. The normalized spacial score (nSPS) is 14.1. The van der Waals surface area contributed by atoms with Crippen molar-refractivity contribution in [1.82, 2.24) is 15.1 Å². The van der Waals surface area contributed by atoms with E-state index in [1.54, 1.807) is 42.5 Å². The molecule has 1 aromatic heterocycles. The Morgan fingerprint density at radius 3 is 2.64 bits per heavy atom. The van der Waals surface area contributed by atoms with Gasteiger partial charge in [-0.05, 0) is 44.2 Å². The zero-order valence-electron chi connectivity index (χ0n) is 15.2. The second kappa shape index (κ2) is 6.73. The maximum absolute atomic E-state index is 12.7. The number of anilines is 1. The van der Waals surface area contributed by atoms with Gasteiger partial charge in [0.05, 0.1) is 11.1 Å². The molecule has 0 saturated heterocycles. The number of benzene rings is 2. The first-order valence-electron chi connectivity index (χ1n) is 8.61. The summed E-state index contributed by atoms with van der Waals surface area (Å²) < 4.78 is 5.15. The highest BCUT2D eigenvalue weighted by atomic mass is 16.4. The van der Waals surface area contributed by atoms with E-state index >= 15 is 0 Å². The molecular formula is C20H16N4O4. The van der Waals surface area contributed by atoms with Gasteiger partial charge in [-0.3, -0.25) is 19.3 Å². The minimum absolute atomic E-state index is 0.314. The topological polar surface area (TPSA) is 105 Å². The molecule has 28 heavy (non-hydrogen) atoms. The second-order valence-corrected chi connectivity index (χ2v) is 6.52. The van der Waals surface area contributed by atoms with Crippen molar-refractivity contribution in [3.05, 3.63) is 65.5 Å². The summed E-state index contributed by atoms with van der Waals surface area (Å²) in [6.07, 6.45) is 1.21. The van der Waals surface area contributed by atoms with Crippen molar-refractivity contribution in [3.8, 4) is 11.5 Å². The molecule has 4 rings (SSSR count). The lowest BCUT2D eigenvalue weighted by atomic mass is 10.1. The van der Waals surface area contributed by atoms with Crippen molar-refractivity contribution in [3.63, 3.8) is 0 Å². The molecule has 8 nitrogen and oxygen atoms in total. The Balaban J connectivity index is 1.54. The average molecular weight is 376 g/mol. The van der Waals surface area contributed by atoms with E-state index in [1.807, 2.05) is 6.92 Å². The van der Waals surface area contributed by atoms with Crippen LogP contribution in [-0.2, 0) is 4.79 Å². The fourth-order valence-corrected chi connectivity index (χ4v) is 3.12. The van der Waals surface area contributed by atoms with E-state index in [2.05, 4.69) is 15.5 Å². The zero-order chi connectivity index (χ0) is 19.8. The number of imide groups is 1. The van der Waals surface area contributed by atoms with Crippen LogP contribution in [0.3, 0.4) is 0 Å². The molecule has 140 valence electrons. The van der Waals surface area contributed by atoms with E-state index in [1.165, 1.54) is 13.3 Å². The van der Waals surface area contributed by atoms with Crippen LogP contribution >= 0.6 is 0 Å². The third-order valence-corrected chi connectivity index (χ3v) is 4.58. The molecule has 0 spiro atoms. The molecule has 1 unspecified atom stereocenters. The van der Waals surface area contributed by atoms with Gasteiger partial charge in [-0.15, -0.1) is 10.2 Å². The van der Waals surface area contributed by atoms with Crippen LogP contribution < -0.4 is 5.32 Å². The number of hydrogen-bond donors (Lipinski definition) is 1. The number of aryl methyl sites for hydroxylation is 1. The third kappa shape index (κ3) is 2.94. The Labute approximate surface area is 160 Å². The third-order valence-electron chi connectivity index (χ3n) is 4.58. The number of rotatable bonds is 4. The lowest BCUT2D eigenvalue weighted by Crippen LogP contribution is -2.45. The number of nitrogens with zero attached hydrogens (tertiary/aromatic N) is 3. The van der Waals surface area contributed by atoms with E-state index in [9.17, 15) is 14.4 Å². The van der Waals surface area contributed by atoms with Gasteiger partial charge in [0.15, 0.2) is 0 Å². The van der Waals surface area contributed by atoms with Gasteiger partial charge < -0.3 is 9.73 Å². The Bertz CT molecular complexity index is 1090. The van der Waals surface area contributed by atoms with Crippen LogP contribution in [0.4, 0.5) is 5.69 Å². The van der Waals surface area contributed by atoms with Gasteiger partial charge in [-0.25, -0.2) is 0 Å². The molecule has 1 aliphatic rings. The average Bonchev–Trinajstić information content (AvgIpc) is 3.29. The van der Waals surface area contributed by atoms with Gasteiger partial charge in [0.25, 0.3) is 11.8 Å². The lowest BCUT2D eigenvalue weighted by molar-refractivity contribution is -0.119. The first-order chi connectivity index (χ1) is 13.5. The summed E-state index contributed by atoms with van der Waals surface area (Å²) in [6, 6.07) is 10.9. The van der Waals surface area contributed by atoms with Crippen LogP contribution in [0.15, 0.2) is 53.3 Å². The van der Waals surface area contributed by atoms with Gasteiger partial charge in [-0.1, -0.05) is 17.7 Å². The summed E-state index contributed by atoms with van der Waals surface area (Å²) in [6.45, 7) is 3.36. The first kappa shape index (κ1) is 17.6. The van der Waals surface area contributed by atoms with E-state index < -0.39 is 23.8 Å². The zero-order valence-corrected chi connectivity index (χ0v) is 15.2. The van der Waals surface area contributed by atoms with Gasteiger partial charge >= 0.3 is 0 Å². The van der Waals surface area contributed by atoms with Crippen molar-refractivity contribution < 1.29 is 18.8 Å². The first-order valence-corrected chi connectivity index (χ1v) is 8.61. The maximum atomic E-state index is 12.7. The highest BCUT2D eigenvalue weighted by molar-refractivity contribution is 6.23. The maximum Gasteiger partial charge on any atom is 0.262 e. The van der Waals surface area contributed by atoms with Crippen molar-refractivity contribution in [2.75, 3.05) is 5.32 Å². The summed E-state index contributed by atoms with van der Waals surface area (Å²) in [5.41, 5.74) is 2.63. The van der Waals surface area contributed by atoms with Gasteiger partial charge in [0.1, 0.15) is 6.04 Å². The van der Waals surface area contributed by atoms with Crippen molar-refractivity contribution >= 4 is 23.4 Å². The summed E-state index contributed by atoms with van der Waals surface area (Å²) in [7, 11) is 0. The van der Waals surface area contributed by atoms with Gasteiger partial charge in [-0.2, -0.15) is 0 Å². The smallest absolute Gasteiger partial charge is 0.262 e. The van der Waals surface area contributed by atoms with Gasteiger partial charge in [0, 0.05) is 11.3 Å². The number of carbonyl (C=O) groups is 3. The van der Waals surface area contributed by atoms with Crippen LogP contribution in [0.25, 0.3) is 11.5 Å². The summed E-state index contributed by atoms with van der Waals surface area (Å²) in [5, 5.41) is 10.2. The Morgan fingerprint density at radius 2 is 1.89 bits per heavy atom. The highest BCUT2D eigenvalue weighted by Crippen LogP contribution is 2.26. The molecule has 8 heteroatoms. The predicted molar refractivity (Wildman–Crippen MR) is 99.5 cm³/mol. The predicted octanol–water partition coefficient (Wildman–Crippen LogP) is 2.67. The quantitative estimate of drug-likeness (QED) is 0.702. The molecule has 0 radical (unpaired) electrons. The Hall–Kier alpha value is -3.81. The number of fused-ring (bicyclic) bond motifs is 1. The molecule has 0 fully saturated rings. The monoisotopic (exact) mass is 376 g/mol. The van der Waals surface area contributed by atoms with E-state index in [4.69, 9.17) is 4.42 Å². The number of hydrogen-bond acceptors (Lipinski definition) is 6. The summed E-state index contributed by atoms with van der Waals surface area (Å²) in [5.74, 6) is -1.10. The molecule has 1 aliphatic heterocycles. The molecule has 1 N–H and O–H groups in total. The van der Waals surface area contributed by atoms with Crippen molar-refractivity contribution in [2.45, 2.75) is 19.9 Å². The fraction of sp³-hybridized carbons (Fsp3) is 0.150. The van der Waals surface area contributed by atoms with E-state index in [-0.39, 0.29) is 0 Å². The second-order valence-electron chi connectivity index (χ2n) is 6.52. The standard InChI is InChI=1S/C20H16N4O4/c1-11-6-7-15-16(8-11)20(27)24(19(15)26)12(2)17(25)22-14-5-3-4-13(9-14)18-23-21-10-28-18/h3-10,12H,1-2H3,(H,22,25). The largest absolute Gasteiger partial charge is 0.423 e. The number of amides is 3. The molecule has 0 bridgehead atoms. The molecule has 1 atom stereocenters. The number of aromatic nitrogens is 2. The molecule has 0 saturated carbocycles. The van der Waals surface area contributed by atoms with Crippen LogP contribution in [0.2, 0.25) is 0 Å². The molecule has 3 amide bonds. The van der Waals surface area contributed by atoms with Crippen LogP contribution in [0.5, 0.6) is 0 Å². The number of carbonyl (C=O) groups excluding carboxylic acids is 3. The molecule has 3 aromatic rings. The molecular weight excluding hydrogens is 360 g/mol. The fourth-order valence-electron chi connectivity index (χ4n) is 3.12. The van der Waals surface area contributed by atoms with Crippen LogP contribution in [-0.4, -0.2) is 38.9 Å². The lowest BCUT2D eigenvalue weighted by Gasteiger charge is -2.21. The highest BCUT2D eigenvalue weighted by Gasteiger charge is 2.40. The van der Waals surface area contributed by atoms with E-state index in [0.29, 0.717) is 28.3 Å². The SMILES string of the molecule is Cc1ccc2c(c1)C(=O)N(C(C)C(=O)Nc1cccc(-c3nnco3)c1)C2=O. The van der Waals surface area contributed by atoms with Crippen LogP contribution in [0, 0.1) is 6.92 Å². The molecule has 0 aliphatic carbocycles. The molecule has 2 aromatic carbocycles. The molecule has 2 heterocycles. The van der Waals surface area contributed by atoms with Crippen LogP contribution in [0.1, 0.15) is 33.2 Å². The summed E-state index contributed by atoms with van der Waals surface area (Å²) >= 11 is 0.